The molecule has 0 amide bonds. The number of Topliss-reactive ketones (excluding diaryl/α,β-unsaturated/α-hetero) is 1. The number of hydrogen-bond donors (Lipinski definition) is 1. The molecule has 1 aliphatic rings. The number of aryl methyl sites for hydroxylation is 1. The van der Waals surface area contributed by atoms with Gasteiger partial charge in [-0.3, -0.25) is 14.2 Å². The molecule has 7 rings (SSSR count). The molecule has 1 aliphatic carbocycles. The fraction of sp³-hybridized carbons (Fsp3) is 0.343. The Labute approximate surface area is 260 Å². The number of aromatic nitrogens is 5. The molecular weight excluding hydrogens is 568 g/mol. The third kappa shape index (κ3) is 6.15. The number of nitrogens with one attached hydrogen (secondary N) is 1. The average Bonchev–Trinajstić information content (AvgIpc) is 3.28. The summed E-state index contributed by atoms with van der Waals surface area (Å²) in [5, 5.41) is 7.68. The van der Waals surface area contributed by atoms with Gasteiger partial charge in [0.05, 0.1) is 23.3 Å². The molecule has 1 N–H and O–H groups in total. The molecule has 5 aromatic heterocycles. The van der Waals surface area contributed by atoms with E-state index in [0.29, 0.717) is 17.5 Å². The van der Waals surface area contributed by atoms with E-state index >= 15 is 0 Å². The Hall–Kier alpha value is -4.37. The molecule has 224 valence electrons. The molecule has 0 unspecified atom stereocenters. The van der Waals surface area contributed by atoms with E-state index in [1.165, 1.54) is 18.5 Å². The first-order chi connectivity index (χ1) is 21.2. The van der Waals surface area contributed by atoms with Crippen molar-refractivity contribution in [3.05, 3.63) is 95.8 Å². The van der Waals surface area contributed by atoms with Crippen molar-refractivity contribution in [1.82, 2.24) is 24.5 Å². The number of hydrogen-bond acceptors (Lipinski definition) is 8. The number of ketones is 1. The Bertz CT molecular complexity index is 1930. The molecule has 0 atom stereocenters. The Balaban J connectivity index is 0.974. The van der Waals surface area contributed by atoms with Gasteiger partial charge < -0.3 is 9.84 Å². The smallest absolute Gasteiger partial charge is 0.196 e. The Kier molecular flexibility index (Phi) is 7.28. The lowest BCUT2D eigenvalue weighted by Crippen LogP contribution is -2.17. The van der Waals surface area contributed by atoms with Crippen molar-refractivity contribution in [2.24, 2.45) is 5.41 Å². The van der Waals surface area contributed by atoms with Crippen LogP contribution in [0.25, 0.3) is 26.6 Å². The highest BCUT2D eigenvalue weighted by atomic mass is 32.1. The summed E-state index contributed by atoms with van der Waals surface area (Å²) in [6.45, 7) is 7.13. The predicted molar refractivity (Wildman–Crippen MR) is 174 cm³/mol. The van der Waals surface area contributed by atoms with E-state index in [-0.39, 0.29) is 17.6 Å². The van der Waals surface area contributed by atoms with Crippen LogP contribution in [0.3, 0.4) is 0 Å². The number of nitrogens with zero attached hydrogens (tertiary/aromatic N) is 5. The molecule has 1 aromatic carbocycles. The lowest BCUT2D eigenvalue weighted by Gasteiger charge is -2.16. The highest BCUT2D eigenvalue weighted by Gasteiger charge is 2.41. The highest BCUT2D eigenvalue weighted by Crippen LogP contribution is 2.49. The highest BCUT2D eigenvalue weighted by molar-refractivity contribution is 7.23. The zero-order valence-corrected chi connectivity index (χ0v) is 26.2. The summed E-state index contributed by atoms with van der Waals surface area (Å²) in [6.07, 6.45) is 9.23. The van der Waals surface area contributed by atoms with Gasteiger partial charge in [-0.15, -0.1) is 0 Å². The molecule has 0 aliphatic heterocycles. The molecule has 6 aromatic rings. The second-order valence-electron chi connectivity index (χ2n) is 13.1. The van der Waals surface area contributed by atoms with Gasteiger partial charge in [-0.25, -0.2) is 9.97 Å². The molecular formula is C35H36N6O2S. The standard InChI is InChI=1S/C35H36N6O2S/c1-34(2,3)30-20-26(40-43-30)19-27(42)18-23-7-9-24(10-8-23)28-21-41-29-11-12-31(39-32(29)44-33(41)38-28)37-22-35(15-16-35)14-13-25-6-4-5-17-36-25/h4-12,17,20-21H,13-16,18-19,22H2,1-3H3,(H,37,39). The minimum atomic E-state index is -0.130. The normalized spacial score (nSPS) is 14.3. The second kappa shape index (κ2) is 11.3. The largest absolute Gasteiger partial charge is 0.369 e. The predicted octanol–water partition coefficient (Wildman–Crippen LogP) is 7.47. The van der Waals surface area contributed by atoms with Crippen molar-refractivity contribution in [3.8, 4) is 11.3 Å². The third-order valence-corrected chi connectivity index (χ3v) is 9.49. The summed E-state index contributed by atoms with van der Waals surface area (Å²) < 4.78 is 7.54. The third-order valence-electron chi connectivity index (χ3n) is 8.53. The van der Waals surface area contributed by atoms with Gasteiger partial charge in [-0.1, -0.05) is 67.6 Å². The maximum atomic E-state index is 12.7. The van der Waals surface area contributed by atoms with Gasteiger partial charge in [0.1, 0.15) is 22.2 Å². The summed E-state index contributed by atoms with van der Waals surface area (Å²) in [5.41, 5.74) is 6.01. The fourth-order valence-corrected chi connectivity index (χ4v) is 6.55. The molecule has 44 heavy (non-hydrogen) atoms. The number of carbonyl (C=O) groups is 1. The summed E-state index contributed by atoms with van der Waals surface area (Å²) in [7, 11) is 0. The Morgan fingerprint density at radius 3 is 2.59 bits per heavy atom. The van der Waals surface area contributed by atoms with Crippen LogP contribution in [0.5, 0.6) is 0 Å². The molecule has 1 fully saturated rings. The number of benzene rings is 1. The number of pyridine rings is 2. The number of rotatable bonds is 11. The van der Waals surface area contributed by atoms with Crippen molar-refractivity contribution in [3.63, 3.8) is 0 Å². The molecule has 5 heterocycles. The molecule has 0 radical (unpaired) electrons. The van der Waals surface area contributed by atoms with Crippen LogP contribution in [0, 0.1) is 5.41 Å². The van der Waals surface area contributed by atoms with Gasteiger partial charge in [0, 0.05) is 48.1 Å². The van der Waals surface area contributed by atoms with Crippen LogP contribution >= 0.6 is 11.3 Å². The monoisotopic (exact) mass is 604 g/mol. The van der Waals surface area contributed by atoms with Crippen LogP contribution in [0.4, 0.5) is 5.82 Å². The van der Waals surface area contributed by atoms with E-state index in [1.54, 1.807) is 11.3 Å². The van der Waals surface area contributed by atoms with E-state index in [1.807, 2.05) is 42.6 Å². The van der Waals surface area contributed by atoms with Crippen molar-refractivity contribution in [2.75, 3.05) is 11.9 Å². The minimum absolute atomic E-state index is 0.110. The van der Waals surface area contributed by atoms with E-state index in [9.17, 15) is 4.79 Å². The lowest BCUT2D eigenvalue weighted by atomic mass is 9.93. The number of carbonyl (C=O) groups excluding carboxylic acids is 1. The van der Waals surface area contributed by atoms with Crippen molar-refractivity contribution < 1.29 is 9.32 Å². The summed E-state index contributed by atoms with van der Waals surface area (Å²) in [5.74, 6) is 1.81. The quantitative estimate of drug-likeness (QED) is 0.164. The molecule has 8 nitrogen and oxygen atoms in total. The SMILES string of the molecule is CC(C)(C)c1cc(CC(=O)Cc2ccc(-c3cn4c(n3)sc3nc(NCC5(CCc6ccccn6)CC5)ccc34)cc2)no1. The second-order valence-corrected chi connectivity index (χ2v) is 14.1. The van der Waals surface area contributed by atoms with Gasteiger partial charge in [-0.2, -0.15) is 0 Å². The van der Waals surface area contributed by atoms with Crippen LogP contribution in [0.2, 0.25) is 0 Å². The molecule has 0 spiro atoms. The maximum absolute atomic E-state index is 12.7. The maximum Gasteiger partial charge on any atom is 0.196 e. The average molecular weight is 605 g/mol. The number of anilines is 1. The topological polar surface area (TPSA) is 98.2 Å². The molecule has 0 bridgehead atoms. The van der Waals surface area contributed by atoms with Crippen LogP contribution < -0.4 is 5.32 Å². The van der Waals surface area contributed by atoms with Gasteiger partial charge in [-0.05, 0) is 60.9 Å². The van der Waals surface area contributed by atoms with Crippen molar-refractivity contribution in [1.29, 1.82) is 0 Å². The van der Waals surface area contributed by atoms with E-state index in [2.05, 4.69) is 71.1 Å². The molecule has 9 heteroatoms. The first-order valence-electron chi connectivity index (χ1n) is 15.2. The fourth-order valence-electron chi connectivity index (χ4n) is 5.57. The Morgan fingerprint density at radius 1 is 1.02 bits per heavy atom. The van der Waals surface area contributed by atoms with Crippen LogP contribution in [0.1, 0.15) is 62.7 Å². The van der Waals surface area contributed by atoms with Gasteiger partial charge in [0.2, 0.25) is 0 Å². The molecule has 0 saturated heterocycles. The van der Waals surface area contributed by atoms with E-state index < -0.39 is 0 Å². The van der Waals surface area contributed by atoms with Gasteiger partial charge in [0.25, 0.3) is 0 Å². The van der Waals surface area contributed by atoms with Gasteiger partial charge >= 0.3 is 0 Å². The number of fused-ring (bicyclic) bond motifs is 3. The molecule has 1 saturated carbocycles. The summed E-state index contributed by atoms with van der Waals surface area (Å²) in [4.78, 5) is 28.9. The first-order valence-corrected chi connectivity index (χ1v) is 16.0. The first kappa shape index (κ1) is 28.4. The summed E-state index contributed by atoms with van der Waals surface area (Å²) in [6, 6.07) is 20.3. The number of imidazole rings is 1. The zero-order chi connectivity index (χ0) is 30.3. The number of thiazole rings is 1. The Morgan fingerprint density at radius 2 is 1.86 bits per heavy atom. The van der Waals surface area contributed by atoms with E-state index in [4.69, 9.17) is 14.5 Å². The van der Waals surface area contributed by atoms with Crippen molar-refractivity contribution >= 4 is 38.2 Å². The van der Waals surface area contributed by atoms with Crippen LogP contribution in [-0.2, 0) is 29.5 Å². The van der Waals surface area contributed by atoms with Crippen LogP contribution in [0.15, 0.2) is 77.6 Å². The summed E-state index contributed by atoms with van der Waals surface area (Å²) >= 11 is 1.60. The zero-order valence-electron chi connectivity index (χ0n) is 25.3. The minimum Gasteiger partial charge on any atom is -0.369 e. The van der Waals surface area contributed by atoms with Crippen LogP contribution in [-0.4, -0.2) is 36.8 Å². The van der Waals surface area contributed by atoms with Crippen molar-refractivity contribution in [2.45, 2.75) is 64.7 Å². The van der Waals surface area contributed by atoms with E-state index in [0.717, 1.165) is 63.1 Å². The lowest BCUT2D eigenvalue weighted by molar-refractivity contribution is -0.117. The van der Waals surface area contributed by atoms with Gasteiger partial charge in [0.15, 0.2) is 4.96 Å².